The fourth-order valence-electron chi connectivity index (χ4n) is 1.35. The largest absolute Gasteiger partial charge is 0.497 e. The zero-order valence-electron chi connectivity index (χ0n) is 9.14. The number of rotatable bonds is 4. The third kappa shape index (κ3) is 2.76. The maximum absolute atomic E-state index is 5.57. The normalized spacial score (nSPS) is 9.81. The highest BCUT2D eigenvalue weighted by Gasteiger charge is 1.96. The summed E-state index contributed by atoms with van der Waals surface area (Å²) < 4.78 is 10.7. The van der Waals surface area contributed by atoms with Crippen molar-refractivity contribution >= 4 is 0 Å². The van der Waals surface area contributed by atoms with E-state index in [1.807, 2.05) is 48.5 Å². The summed E-state index contributed by atoms with van der Waals surface area (Å²) in [6.07, 6.45) is 0. The van der Waals surface area contributed by atoms with Crippen LogP contribution in [0.15, 0.2) is 48.5 Å². The molecule has 0 saturated heterocycles. The van der Waals surface area contributed by atoms with Crippen LogP contribution in [0, 0.1) is 6.07 Å². The molecule has 2 aromatic carbocycles. The van der Waals surface area contributed by atoms with Crippen molar-refractivity contribution in [3.05, 3.63) is 60.2 Å². The molecular weight excluding hydrogens is 200 g/mol. The van der Waals surface area contributed by atoms with Gasteiger partial charge in [-0.05, 0) is 23.8 Å². The summed E-state index contributed by atoms with van der Waals surface area (Å²) in [5.74, 6) is 1.62. The Morgan fingerprint density at radius 1 is 1.06 bits per heavy atom. The number of hydrogen-bond acceptors (Lipinski definition) is 2. The van der Waals surface area contributed by atoms with E-state index in [9.17, 15) is 0 Å². The van der Waals surface area contributed by atoms with Gasteiger partial charge >= 0.3 is 0 Å². The predicted octanol–water partition coefficient (Wildman–Crippen LogP) is 3.07. The second kappa shape index (κ2) is 5.21. The van der Waals surface area contributed by atoms with E-state index >= 15 is 0 Å². The summed E-state index contributed by atoms with van der Waals surface area (Å²) >= 11 is 0. The molecule has 0 amide bonds. The first-order valence-electron chi connectivity index (χ1n) is 5.11. The first kappa shape index (κ1) is 10.6. The lowest BCUT2D eigenvalue weighted by atomic mass is 10.2. The molecule has 0 aliphatic carbocycles. The monoisotopic (exact) mass is 213 g/mol. The van der Waals surface area contributed by atoms with Crippen molar-refractivity contribution in [3.63, 3.8) is 0 Å². The van der Waals surface area contributed by atoms with Gasteiger partial charge in [-0.1, -0.05) is 30.3 Å². The quantitative estimate of drug-likeness (QED) is 0.777. The molecule has 0 bridgehead atoms. The maximum Gasteiger partial charge on any atom is 0.127 e. The van der Waals surface area contributed by atoms with Crippen LogP contribution in [0.3, 0.4) is 0 Å². The lowest BCUT2D eigenvalue weighted by Gasteiger charge is -2.06. The molecule has 2 aromatic rings. The molecular formula is C14H13O2. The highest BCUT2D eigenvalue weighted by atomic mass is 16.5. The molecule has 0 spiro atoms. The van der Waals surface area contributed by atoms with Crippen molar-refractivity contribution < 1.29 is 9.47 Å². The van der Waals surface area contributed by atoms with Crippen LogP contribution in [0.5, 0.6) is 11.5 Å². The highest BCUT2D eigenvalue weighted by molar-refractivity contribution is 5.27. The van der Waals surface area contributed by atoms with E-state index in [2.05, 4.69) is 6.07 Å². The molecule has 0 heterocycles. The SMILES string of the molecule is COc1ccc(COc2[c]cccc2)cc1. The highest BCUT2D eigenvalue weighted by Crippen LogP contribution is 2.14. The molecule has 2 heteroatoms. The molecule has 0 aliphatic rings. The van der Waals surface area contributed by atoms with Crippen molar-refractivity contribution in [1.82, 2.24) is 0 Å². The van der Waals surface area contributed by atoms with Crippen molar-refractivity contribution in [1.29, 1.82) is 0 Å². The lowest BCUT2D eigenvalue weighted by Crippen LogP contribution is -1.95. The standard InChI is InChI=1S/C14H13O2/c1-15-13-9-7-12(8-10-13)11-16-14-5-3-2-4-6-14/h2-5,7-10H,11H2,1H3. The number of methoxy groups -OCH3 is 1. The van der Waals surface area contributed by atoms with Crippen molar-refractivity contribution in [2.75, 3.05) is 7.11 Å². The van der Waals surface area contributed by atoms with E-state index in [4.69, 9.17) is 9.47 Å². The summed E-state index contributed by atoms with van der Waals surface area (Å²) in [4.78, 5) is 0. The Morgan fingerprint density at radius 3 is 2.50 bits per heavy atom. The second-order valence-corrected chi connectivity index (χ2v) is 3.36. The van der Waals surface area contributed by atoms with Gasteiger partial charge in [0, 0.05) is 6.07 Å². The fourth-order valence-corrected chi connectivity index (χ4v) is 1.35. The van der Waals surface area contributed by atoms with Crippen LogP contribution in [-0.4, -0.2) is 7.11 Å². The number of hydrogen-bond donors (Lipinski definition) is 0. The van der Waals surface area contributed by atoms with Crippen LogP contribution in [0.25, 0.3) is 0 Å². The fraction of sp³-hybridized carbons (Fsp3) is 0.143. The summed E-state index contributed by atoms with van der Waals surface area (Å²) in [5.41, 5.74) is 1.11. The predicted molar refractivity (Wildman–Crippen MR) is 62.6 cm³/mol. The first-order valence-corrected chi connectivity index (χ1v) is 5.11. The van der Waals surface area contributed by atoms with E-state index in [0.29, 0.717) is 6.61 Å². The average Bonchev–Trinajstić information content (AvgIpc) is 2.38. The maximum atomic E-state index is 5.57. The second-order valence-electron chi connectivity index (χ2n) is 3.36. The van der Waals surface area contributed by atoms with E-state index in [0.717, 1.165) is 17.1 Å². The van der Waals surface area contributed by atoms with Gasteiger partial charge in [0.15, 0.2) is 0 Å². The van der Waals surface area contributed by atoms with Crippen molar-refractivity contribution in [2.45, 2.75) is 6.61 Å². The first-order chi connectivity index (χ1) is 7.88. The summed E-state index contributed by atoms with van der Waals surface area (Å²) in [5, 5.41) is 0. The molecule has 0 atom stereocenters. The number of ether oxygens (including phenoxy) is 2. The van der Waals surface area contributed by atoms with Crippen LogP contribution >= 0.6 is 0 Å². The summed E-state index contributed by atoms with van der Waals surface area (Å²) in [7, 11) is 1.66. The van der Waals surface area contributed by atoms with E-state index in [1.165, 1.54) is 0 Å². The van der Waals surface area contributed by atoms with Gasteiger partial charge in [0.2, 0.25) is 0 Å². The van der Waals surface area contributed by atoms with Gasteiger partial charge in [-0.15, -0.1) is 0 Å². The van der Waals surface area contributed by atoms with Crippen LogP contribution in [0.2, 0.25) is 0 Å². The van der Waals surface area contributed by atoms with E-state index in [1.54, 1.807) is 7.11 Å². The minimum Gasteiger partial charge on any atom is -0.497 e. The molecule has 1 radical (unpaired) electrons. The lowest BCUT2D eigenvalue weighted by molar-refractivity contribution is 0.305. The van der Waals surface area contributed by atoms with Crippen molar-refractivity contribution in [3.8, 4) is 11.5 Å². The topological polar surface area (TPSA) is 18.5 Å². The van der Waals surface area contributed by atoms with Crippen LogP contribution in [0.4, 0.5) is 0 Å². The zero-order valence-corrected chi connectivity index (χ0v) is 9.14. The molecule has 0 unspecified atom stereocenters. The van der Waals surface area contributed by atoms with Crippen LogP contribution < -0.4 is 9.47 Å². The molecule has 0 fully saturated rings. The smallest absolute Gasteiger partial charge is 0.127 e. The summed E-state index contributed by atoms with van der Waals surface area (Å²) in [6, 6.07) is 18.4. The van der Waals surface area contributed by atoms with Gasteiger partial charge in [-0.2, -0.15) is 0 Å². The van der Waals surface area contributed by atoms with Gasteiger partial charge in [0.05, 0.1) is 7.11 Å². The minimum absolute atomic E-state index is 0.546. The third-order valence-electron chi connectivity index (χ3n) is 2.23. The number of benzene rings is 2. The molecule has 0 saturated carbocycles. The average molecular weight is 213 g/mol. The molecule has 0 aromatic heterocycles. The Bertz CT molecular complexity index is 420. The summed E-state index contributed by atoms with van der Waals surface area (Å²) in [6.45, 7) is 0.546. The van der Waals surface area contributed by atoms with E-state index in [-0.39, 0.29) is 0 Å². The van der Waals surface area contributed by atoms with Gasteiger partial charge in [0.1, 0.15) is 18.1 Å². The molecule has 0 N–H and O–H groups in total. The Hall–Kier alpha value is -1.96. The van der Waals surface area contributed by atoms with Crippen LogP contribution in [-0.2, 0) is 6.61 Å². The van der Waals surface area contributed by atoms with Gasteiger partial charge in [-0.3, -0.25) is 0 Å². The van der Waals surface area contributed by atoms with Gasteiger partial charge in [-0.25, -0.2) is 0 Å². The Kier molecular flexibility index (Phi) is 3.44. The molecule has 2 nitrogen and oxygen atoms in total. The molecule has 2 rings (SSSR count). The van der Waals surface area contributed by atoms with Gasteiger partial charge in [0.25, 0.3) is 0 Å². The molecule has 16 heavy (non-hydrogen) atoms. The molecule has 0 aliphatic heterocycles. The Labute approximate surface area is 95.4 Å². The Morgan fingerprint density at radius 2 is 1.88 bits per heavy atom. The van der Waals surface area contributed by atoms with Gasteiger partial charge < -0.3 is 9.47 Å². The Balaban J connectivity index is 1.94. The zero-order chi connectivity index (χ0) is 11.2. The number of para-hydroxylation sites is 1. The minimum atomic E-state index is 0.546. The molecule has 81 valence electrons. The van der Waals surface area contributed by atoms with E-state index < -0.39 is 0 Å². The van der Waals surface area contributed by atoms with Crippen molar-refractivity contribution in [2.24, 2.45) is 0 Å². The van der Waals surface area contributed by atoms with Crippen LogP contribution in [0.1, 0.15) is 5.56 Å². The third-order valence-corrected chi connectivity index (χ3v) is 2.23.